The topological polar surface area (TPSA) is 68.3 Å². The molecule has 0 aromatic carbocycles. The van der Waals surface area contributed by atoms with Gasteiger partial charge in [-0.15, -0.1) is 0 Å². The Morgan fingerprint density at radius 2 is 0.676 bits per heavy atom. The number of carbonyl (C=O) groups is 4. The van der Waals surface area contributed by atoms with E-state index in [4.69, 9.17) is 0 Å². The van der Waals surface area contributed by atoms with Gasteiger partial charge in [-0.2, -0.15) is 0 Å². The number of carbonyl (C=O) groups excluding carboxylic acids is 4. The summed E-state index contributed by atoms with van der Waals surface area (Å²) in [6.45, 7) is 8.16. The summed E-state index contributed by atoms with van der Waals surface area (Å²) < 4.78 is 6.03. The summed E-state index contributed by atoms with van der Waals surface area (Å²) in [5, 5.41) is 1.12. The first-order valence-corrected chi connectivity index (χ1v) is 27.6. The van der Waals surface area contributed by atoms with Gasteiger partial charge in [-0.3, -0.25) is 0 Å². The minimum atomic E-state index is -0.847. The minimum absolute atomic E-state index is 0.117. The molecule has 216 valence electrons. The van der Waals surface area contributed by atoms with Gasteiger partial charge < -0.3 is 0 Å². The average molecular weight is 1050 g/mol. The molecule has 0 aliphatic rings. The van der Waals surface area contributed by atoms with E-state index < -0.39 is 89.1 Å². The van der Waals surface area contributed by atoms with E-state index in [0.717, 1.165) is 17.9 Å². The summed E-state index contributed by atoms with van der Waals surface area (Å²) in [5.74, 6) is 0.467. The van der Waals surface area contributed by atoms with E-state index in [1.165, 1.54) is 0 Å². The SMILES string of the molecule is CC(S)C[Te]CC(=O)CC(CC(=O)C[Te]CC(C)S)(CC(=O)C[Te]CC(C)S)CC(=O)C[Te]CC(C)S. The molecule has 0 heterocycles. The van der Waals surface area contributed by atoms with Crippen LogP contribution in [0, 0.1) is 5.41 Å². The third-order valence-electron chi connectivity index (χ3n) is 4.78. The second-order valence-electron chi connectivity index (χ2n) is 9.82. The van der Waals surface area contributed by atoms with Crippen molar-refractivity contribution in [3.8, 4) is 0 Å². The van der Waals surface area contributed by atoms with Crippen molar-refractivity contribution < 1.29 is 19.2 Å². The summed E-state index contributed by atoms with van der Waals surface area (Å²) in [6.07, 6.45) is 0.716. The molecule has 0 radical (unpaired) electrons. The fraction of sp³-hybridized carbons (Fsp3) is 0.840. The summed E-state index contributed by atoms with van der Waals surface area (Å²) >= 11 is 15.8. The average Bonchev–Trinajstić information content (AvgIpc) is 2.72. The van der Waals surface area contributed by atoms with Crippen LogP contribution in [0.1, 0.15) is 53.4 Å². The Bertz CT molecular complexity index is 589. The van der Waals surface area contributed by atoms with Gasteiger partial charge in [0.25, 0.3) is 0 Å². The van der Waals surface area contributed by atoms with Gasteiger partial charge in [0, 0.05) is 0 Å². The molecule has 0 saturated heterocycles. The Kier molecular flexibility index (Phi) is 25.7. The van der Waals surface area contributed by atoms with Crippen LogP contribution in [0.2, 0.25) is 35.8 Å². The first kappa shape index (κ1) is 40.2. The standard InChI is InChI=1S/C25H44O4S4Te4/c1-17(30)9-34-13-21(26)5-25(6-22(27)14-35-10-18(2)31,7-23(28)15-36-11-19(3)32)8-24(29)16-37-12-20(4)33/h17-20,30-33H,5-16H2,1-4H3. The van der Waals surface area contributed by atoms with Crippen molar-refractivity contribution in [3.63, 3.8) is 0 Å². The summed E-state index contributed by atoms with van der Waals surface area (Å²) in [6, 6.07) is 0. The van der Waals surface area contributed by atoms with Crippen LogP contribution in [0.3, 0.4) is 0 Å². The van der Waals surface area contributed by atoms with Crippen molar-refractivity contribution in [2.45, 2.75) is 110 Å². The van der Waals surface area contributed by atoms with E-state index in [2.05, 4.69) is 50.5 Å². The number of rotatable bonds is 24. The molecular formula is C25H44O4S4Te4. The second kappa shape index (κ2) is 23.7. The molecule has 0 aromatic heterocycles. The van der Waals surface area contributed by atoms with Gasteiger partial charge >= 0.3 is 292 Å². The Hall–Kier alpha value is 3.24. The van der Waals surface area contributed by atoms with Gasteiger partial charge in [0.2, 0.25) is 0 Å². The zero-order valence-electron chi connectivity index (χ0n) is 22.3. The Morgan fingerprint density at radius 3 is 0.838 bits per heavy atom. The fourth-order valence-corrected chi connectivity index (χ4v) is 15.5. The van der Waals surface area contributed by atoms with Gasteiger partial charge in [0.1, 0.15) is 0 Å². The first-order valence-electron chi connectivity index (χ1n) is 12.3. The molecule has 0 amide bonds. The van der Waals surface area contributed by atoms with Crippen LogP contribution in [0.4, 0.5) is 0 Å². The molecule has 0 spiro atoms. The van der Waals surface area contributed by atoms with Crippen molar-refractivity contribution in [2.75, 3.05) is 0 Å². The molecule has 37 heavy (non-hydrogen) atoms. The van der Waals surface area contributed by atoms with E-state index in [9.17, 15) is 19.2 Å². The van der Waals surface area contributed by atoms with E-state index in [0.29, 0.717) is 17.9 Å². The van der Waals surface area contributed by atoms with Crippen molar-refractivity contribution >= 4 is 157 Å². The van der Waals surface area contributed by atoms with Gasteiger partial charge in [0.05, 0.1) is 0 Å². The zero-order valence-corrected chi connectivity index (χ0v) is 35.2. The first-order chi connectivity index (χ1) is 17.2. The van der Waals surface area contributed by atoms with Crippen LogP contribution in [0.25, 0.3) is 0 Å². The van der Waals surface area contributed by atoms with E-state index in [-0.39, 0.29) is 69.8 Å². The third-order valence-corrected chi connectivity index (χ3v) is 23.0. The number of thiol groups is 4. The maximum atomic E-state index is 13.2. The van der Waals surface area contributed by atoms with Crippen molar-refractivity contribution in [2.24, 2.45) is 5.41 Å². The maximum absolute atomic E-state index is 13.2. The van der Waals surface area contributed by atoms with E-state index >= 15 is 0 Å². The van der Waals surface area contributed by atoms with Crippen LogP contribution < -0.4 is 0 Å². The summed E-state index contributed by atoms with van der Waals surface area (Å²) in [7, 11) is 0. The fourth-order valence-electron chi connectivity index (χ4n) is 3.63. The van der Waals surface area contributed by atoms with Crippen molar-refractivity contribution in [1.82, 2.24) is 0 Å². The Morgan fingerprint density at radius 1 is 0.486 bits per heavy atom. The van der Waals surface area contributed by atoms with Crippen LogP contribution in [0.5, 0.6) is 0 Å². The van der Waals surface area contributed by atoms with Crippen LogP contribution in [0.15, 0.2) is 0 Å². The third kappa shape index (κ3) is 24.4. The molecule has 0 aromatic rings. The molecule has 0 bridgehead atoms. The molecule has 0 aliphatic heterocycles. The summed E-state index contributed by atoms with van der Waals surface area (Å²) in [4.78, 5) is 52.6. The van der Waals surface area contributed by atoms with Gasteiger partial charge in [-0.05, 0) is 0 Å². The monoisotopic (exact) mass is 1060 g/mol. The van der Waals surface area contributed by atoms with Gasteiger partial charge in [-0.25, -0.2) is 0 Å². The quantitative estimate of drug-likeness (QED) is 0.0790. The van der Waals surface area contributed by atoms with E-state index in [1.54, 1.807) is 0 Å². The molecule has 4 atom stereocenters. The van der Waals surface area contributed by atoms with Gasteiger partial charge in [-0.1, -0.05) is 0 Å². The number of hydrogen-bond acceptors (Lipinski definition) is 8. The number of ketones is 4. The zero-order chi connectivity index (χ0) is 28.4. The van der Waals surface area contributed by atoms with Gasteiger partial charge in [0.15, 0.2) is 0 Å². The van der Waals surface area contributed by atoms with Crippen LogP contribution in [-0.4, -0.2) is 128 Å². The Balaban J connectivity index is 5.75. The number of Topliss-reactive ketones (excluding diaryl/α,β-unsaturated/α-hetero) is 4. The molecule has 0 rings (SSSR count). The molecule has 0 aliphatic carbocycles. The molecular weight excluding hydrogens is 1000 g/mol. The van der Waals surface area contributed by atoms with Crippen molar-refractivity contribution in [3.05, 3.63) is 0 Å². The molecule has 0 saturated carbocycles. The molecule has 4 unspecified atom stereocenters. The predicted molar refractivity (Wildman–Crippen MR) is 176 cm³/mol. The second-order valence-corrected chi connectivity index (χ2v) is 25.1. The molecule has 12 heteroatoms. The van der Waals surface area contributed by atoms with Crippen LogP contribution in [-0.2, 0) is 19.2 Å². The van der Waals surface area contributed by atoms with Crippen molar-refractivity contribution in [1.29, 1.82) is 0 Å². The Labute approximate surface area is 288 Å². The number of hydrogen-bond donors (Lipinski definition) is 4. The normalized spacial score (nSPS) is 16.4. The molecule has 0 fully saturated rings. The summed E-state index contributed by atoms with van der Waals surface area (Å²) in [5.41, 5.74) is -0.847. The molecule has 0 N–H and O–H groups in total. The molecule has 4 nitrogen and oxygen atoms in total. The van der Waals surface area contributed by atoms with E-state index in [1.807, 2.05) is 27.7 Å². The van der Waals surface area contributed by atoms with Crippen LogP contribution >= 0.6 is 50.5 Å². The predicted octanol–water partition coefficient (Wildman–Crippen LogP) is 5.25.